The first-order valence-electron chi connectivity index (χ1n) is 10.5. The predicted octanol–water partition coefficient (Wildman–Crippen LogP) is 4.52. The van der Waals surface area contributed by atoms with Crippen LogP contribution in [0.25, 0.3) is 0 Å². The molecular weight excluding hydrogens is 403 g/mol. The van der Waals surface area contributed by atoms with Crippen LogP contribution in [-0.4, -0.2) is 41.6 Å². The number of piperidine rings is 1. The van der Waals surface area contributed by atoms with Crippen LogP contribution in [0.5, 0.6) is 5.75 Å². The molecule has 1 unspecified atom stereocenters. The first-order chi connectivity index (χ1) is 14.7. The third kappa shape index (κ3) is 6.73. The van der Waals surface area contributed by atoms with Gasteiger partial charge in [0.1, 0.15) is 29.5 Å². The molecule has 1 aliphatic rings. The van der Waals surface area contributed by atoms with Gasteiger partial charge in [-0.15, -0.1) is 0 Å². The van der Waals surface area contributed by atoms with E-state index in [4.69, 9.17) is 13.9 Å². The SMILES string of the molecule is CC(C)(C)OC(=O)NCC1CCCCN1C(=O)c1ccc(COc2ccc(F)cc2)o1. The molecule has 2 amide bonds. The molecular formula is C23H29FN2O5. The lowest BCUT2D eigenvalue weighted by molar-refractivity contribution is 0.0452. The summed E-state index contributed by atoms with van der Waals surface area (Å²) in [5.74, 6) is 0.671. The lowest BCUT2D eigenvalue weighted by Crippen LogP contribution is -2.49. The number of halogens is 1. The highest BCUT2D eigenvalue weighted by atomic mass is 19.1. The van der Waals surface area contributed by atoms with Gasteiger partial charge in [-0.1, -0.05) is 0 Å². The van der Waals surface area contributed by atoms with Crippen molar-refractivity contribution in [2.75, 3.05) is 13.1 Å². The number of amides is 2. The predicted molar refractivity (Wildman–Crippen MR) is 112 cm³/mol. The largest absolute Gasteiger partial charge is 0.486 e. The highest BCUT2D eigenvalue weighted by molar-refractivity contribution is 5.91. The van der Waals surface area contributed by atoms with Crippen LogP contribution in [0.15, 0.2) is 40.8 Å². The Morgan fingerprint density at radius 1 is 1.16 bits per heavy atom. The first kappa shape index (κ1) is 22.7. The first-order valence-corrected chi connectivity index (χ1v) is 10.5. The van der Waals surface area contributed by atoms with Gasteiger partial charge in [-0.3, -0.25) is 4.79 Å². The molecule has 7 nitrogen and oxygen atoms in total. The fraction of sp³-hybridized carbons (Fsp3) is 0.478. The Morgan fingerprint density at radius 3 is 2.61 bits per heavy atom. The Kier molecular flexibility index (Phi) is 7.20. The number of ether oxygens (including phenoxy) is 2. The molecule has 0 bridgehead atoms. The van der Waals surface area contributed by atoms with E-state index < -0.39 is 11.7 Å². The highest BCUT2D eigenvalue weighted by Gasteiger charge is 2.30. The number of hydrogen-bond donors (Lipinski definition) is 1. The van der Waals surface area contributed by atoms with Gasteiger partial charge in [-0.2, -0.15) is 0 Å². The monoisotopic (exact) mass is 432 g/mol. The average molecular weight is 432 g/mol. The molecule has 1 aromatic carbocycles. The Hall–Kier alpha value is -3.03. The number of nitrogens with zero attached hydrogens (tertiary/aromatic N) is 1. The second-order valence-corrected chi connectivity index (χ2v) is 8.54. The summed E-state index contributed by atoms with van der Waals surface area (Å²) in [6, 6.07) is 8.87. The van der Waals surface area contributed by atoms with Crippen LogP contribution in [0.2, 0.25) is 0 Å². The summed E-state index contributed by atoms with van der Waals surface area (Å²) < 4.78 is 29.5. The number of carbonyl (C=O) groups is 2. The lowest BCUT2D eigenvalue weighted by Gasteiger charge is -2.35. The van der Waals surface area contributed by atoms with Gasteiger partial charge in [-0.05, 0) is 76.4 Å². The number of rotatable bonds is 6. The molecule has 0 saturated carbocycles. The summed E-state index contributed by atoms with van der Waals surface area (Å²) in [5, 5.41) is 2.76. The number of hydrogen-bond acceptors (Lipinski definition) is 5. The van der Waals surface area contributed by atoms with Crippen LogP contribution in [0.4, 0.5) is 9.18 Å². The van der Waals surface area contributed by atoms with Crippen molar-refractivity contribution in [2.45, 2.75) is 58.3 Å². The van der Waals surface area contributed by atoms with E-state index in [0.717, 1.165) is 19.3 Å². The quantitative estimate of drug-likeness (QED) is 0.726. The Bertz CT molecular complexity index is 888. The smallest absolute Gasteiger partial charge is 0.407 e. The Labute approximate surface area is 181 Å². The number of nitrogens with one attached hydrogen (secondary N) is 1. The minimum atomic E-state index is -0.577. The van der Waals surface area contributed by atoms with Crippen molar-refractivity contribution >= 4 is 12.0 Å². The van der Waals surface area contributed by atoms with Crippen molar-refractivity contribution in [3.63, 3.8) is 0 Å². The van der Waals surface area contributed by atoms with Crippen molar-refractivity contribution in [1.82, 2.24) is 10.2 Å². The number of benzene rings is 1. The average Bonchev–Trinajstić information content (AvgIpc) is 3.19. The molecule has 168 valence electrons. The zero-order valence-corrected chi connectivity index (χ0v) is 18.2. The number of alkyl carbamates (subject to hydrolysis) is 1. The molecule has 0 spiro atoms. The van der Waals surface area contributed by atoms with Crippen LogP contribution in [0, 0.1) is 5.82 Å². The van der Waals surface area contributed by atoms with E-state index in [9.17, 15) is 14.0 Å². The second-order valence-electron chi connectivity index (χ2n) is 8.54. The normalized spacial score (nSPS) is 16.6. The molecule has 1 aromatic heterocycles. The molecule has 2 heterocycles. The van der Waals surface area contributed by atoms with E-state index in [1.807, 2.05) is 0 Å². The molecule has 1 aliphatic heterocycles. The molecule has 1 N–H and O–H groups in total. The number of carbonyl (C=O) groups excluding carboxylic acids is 2. The summed E-state index contributed by atoms with van der Waals surface area (Å²) in [7, 11) is 0. The van der Waals surface area contributed by atoms with Gasteiger partial charge in [0, 0.05) is 19.1 Å². The summed E-state index contributed by atoms with van der Waals surface area (Å²) in [6.07, 6.45) is 2.18. The fourth-order valence-corrected chi connectivity index (χ4v) is 3.39. The Balaban J connectivity index is 1.57. The molecule has 0 radical (unpaired) electrons. The summed E-state index contributed by atoms with van der Waals surface area (Å²) in [4.78, 5) is 26.7. The second kappa shape index (κ2) is 9.85. The standard InChI is InChI=1S/C23H29FN2O5/c1-23(2,3)31-22(28)25-14-17-6-4-5-13-26(17)21(27)20-12-11-19(30-20)15-29-18-9-7-16(24)8-10-18/h7-12,17H,4-6,13-15H2,1-3H3,(H,25,28). The van der Waals surface area contributed by atoms with Gasteiger partial charge in [-0.25, -0.2) is 9.18 Å². The van der Waals surface area contributed by atoms with Gasteiger partial charge < -0.3 is 24.1 Å². The molecule has 2 aromatic rings. The van der Waals surface area contributed by atoms with Crippen LogP contribution in [0.3, 0.4) is 0 Å². The van der Waals surface area contributed by atoms with Crippen LogP contribution < -0.4 is 10.1 Å². The summed E-state index contributed by atoms with van der Waals surface area (Å²) in [6.45, 7) is 6.46. The zero-order valence-electron chi connectivity index (χ0n) is 18.2. The van der Waals surface area contributed by atoms with Crippen LogP contribution >= 0.6 is 0 Å². The molecule has 1 fully saturated rings. The van der Waals surface area contributed by atoms with Crippen molar-refractivity contribution in [2.24, 2.45) is 0 Å². The molecule has 1 saturated heterocycles. The van der Waals surface area contributed by atoms with E-state index in [2.05, 4.69) is 5.32 Å². The fourth-order valence-electron chi connectivity index (χ4n) is 3.39. The van der Waals surface area contributed by atoms with Crippen molar-refractivity contribution < 1.29 is 27.9 Å². The van der Waals surface area contributed by atoms with Crippen LogP contribution in [0.1, 0.15) is 56.3 Å². The van der Waals surface area contributed by atoms with E-state index >= 15 is 0 Å². The van der Waals surface area contributed by atoms with Gasteiger partial charge in [0.2, 0.25) is 0 Å². The maximum atomic E-state index is 13.0. The van der Waals surface area contributed by atoms with Crippen molar-refractivity contribution in [3.05, 3.63) is 53.7 Å². The van der Waals surface area contributed by atoms with E-state index in [1.165, 1.54) is 24.3 Å². The number of likely N-dealkylation sites (tertiary alicyclic amines) is 1. The van der Waals surface area contributed by atoms with E-state index in [0.29, 0.717) is 24.6 Å². The maximum absolute atomic E-state index is 13.0. The molecule has 3 rings (SSSR count). The van der Waals surface area contributed by atoms with Crippen molar-refractivity contribution in [3.8, 4) is 5.75 Å². The van der Waals surface area contributed by atoms with E-state index in [1.54, 1.807) is 37.8 Å². The molecule has 31 heavy (non-hydrogen) atoms. The topological polar surface area (TPSA) is 81.0 Å². The molecule has 8 heteroatoms. The van der Waals surface area contributed by atoms with Crippen molar-refractivity contribution in [1.29, 1.82) is 0 Å². The third-order valence-electron chi connectivity index (χ3n) is 4.84. The summed E-state index contributed by atoms with van der Waals surface area (Å²) in [5.41, 5.74) is -0.577. The van der Waals surface area contributed by atoms with Gasteiger partial charge in [0.05, 0.1) is 0 Å². The molecule has 1 atom stereocenters. The highest BCUT2D eigenvalue weighted by Crippen LogP contribution is 2.21. The van der Waals surface area contributed by atoms with Gasteiger partial charge in [0.25, 0.3) is 5.91 Å². The van der Waals surface area contributed by atoms with E-state index in [-0.39, 0.29) is 30.1 Å². The minimum absolute atomic E-state index is 0.127. The van der Waals surface area contributed by atoms with Crippen LogP contribution in [-0.2, 0) is 11.3 Å². The number of furan rings is 1. The molecule has 0 aliphatic carbocycles. The lowest BCUT2D eigenvalue weighted by atomic mass is 10.0. The summed E-state index contributed by atoms with van der Waals surface area (Å²) >= 11 is 0. The zero-order chi connectivity index (χ0) is 22.4. The van der Waals surface area contributed by atoms with Gasteiger partial charge >= 0.3 is 6.09 Å². The van der Waals surface area contributed by atoms with Gasteiger partial charge in [0.15, 0.2) is 5.76 Å². The maximum Gasteiger partial charge on any atom is 0.407 e. The minimum Gasteiger partial charge on any atom is -0.486 e. The third-order valence-corrected chi connectivity index (χ3v) is 4.84. The Morgan fingerprint density at radius 2 is 1.90 bits per heavy atom.